The summed E-state index contributed by atoms with van der Waals surface area (Å²) in [4.78, 5) is 7.77. The molecule has 0 radical (unpaired) electrons. The van der Waals surface area contributed by atoms with Crippen LogP contribution in [-0.2, 0) is 10.0 Å². The molecule has 3 rings (SSSR count). The van der Waals surface area contributed by atoms with E-state index in [1.54, 1.807) is 12.1 Å². The van der Waals surface area contributed by atoms with Crippen molar-refractivity contribution < 1.29 is 8.42 Å². The summed E-state index contributed by atoms with van der Waals surface area (Å²) in [6, 6.07) is 6.38. The van der Waals surface area contributed by atoms with E-state index in [-0.39, 0.29) is 26.2 Å². The van der Waals surface area contributed by atoms with Crippen molar-refractivity contribution in [1.29, 1.82) is 0 Å². The van der Waals surface area contributed by atoms with Gasteiger partial charge in [0.25, 0.3) is 10.0 Å². The van der Waals surface area contributed by atoms with E-state index < -0.39 is 10.0 Å². The first kappa shape index (κ1) is 14.2. The van der Waals surface area contributed by atoms with Crippen LogP contribution in [0, 0.1) is 6.92 Å². The number of benzene rings is 1. The van der Waals surface area contributed by atoms with Gasteiger partial charge in [-0.2, -0.15) is 8.42 Å². The van der Waals surface area contributed by atoms with Crippen LogP contribution in [0.25, 0.3) is 11.0 Å². The monoisotopic (exact) mass is 342 g/mol. The van der Waals surface area contributed by atoms with Gasteiger partial charge in [-0.15, -0.1) is 9.19 Å². The van der Waals surface area contributed by atoms with E-state index in [1.165, 1.54) is 12.1 Å². The van der Waals surface area contributed by atoms with E-state index in [0.29, 0.717) is 0 Å². The van der Waals surface area contributed by atoms with Crippen LogP contribution in [0.15, 0.2) is 35.5 Å². The molecule has 0 saturated heterocycles. The lowest BCUT2D eigenvalue weighted by molar-refractivity contribution is 0.582. The fourth-order valence-corrected chi connectivity index (χ4v) is 3.63. The second-order valence-electron chi connectivity index (χ2n) is 4.31. The van der Waals surface area contributed by atoms with Crippen molar-refractivity contribution in [3.63, 3.8) is 0 Å². The Morgan fingerprint density at radius 3 is 2.38 bits per heavy atom. The quantitative estimate of drug-likeness (QED) is 0.669. The third-order valence-corrected chi connectivity index (χ3v) is 5.02. The van der Waals surface area contributed by atoms with Crippen molar-refractivity contribution in [2.75, 3.05) is 0 Å². The third kappa shape index (κ3) is 2.27. The van der Waals surface area contributed by atoms with Gasteiger partial charge in [-0.3, -0.25) is 0 Å². The number of fused-ring (bicyclic) bond motifs is 1. The SMILES string of the molecule is Cc1ccc(S(=O)(=O)n2nc(Cl)c3c(Cl)ncnc32)cc1. The van der Waals surface area contributed by atoms with Crippen LogP contribution < -0.4 is 0 Å². The molecular weight excluding hydrogens is 335 g/mol. The molecule has 0 aliphatic rings. The largest absolute Gasteiger partial charge is 0.285 e. The molecule has 0 atom stereocenters. The van der Waals surface area contributed by atoms with Crippen LogP contribution in [0.4, 0.5) is 0 Å². The van der Waals surface area contributed by atoms with Crippen LogP contribution in [0.3, 0.4) is 0 Å². The standard InChI is InChI=1S/C12H8Cl2N4O2S/c1-7-2-4-8(5-3-7)21(19,20)18-12-9(11(14)17-18)10(13)15-6-16-12/h2-6H,1H3. The number of hydrogen-bond donors (Lipinski definition) is 0. The molecule has 2 heterocycles. The van der Waals surface area contributed by atoms with Crippen LogP contribution >= 0.6 is 23.2 Å². The van der Waals surface area contributed by atoms with Gasteiger partial charge in [-0.05, 0) is 19.1 Å². The molecule has 9 heteroatoms. The van der Waals surface area contributed by atoms with Crippen molar-refractivity contribution in [3.05, 3.63) is 46.5 Å². The maximum Gasteiger partial charge on any atom is 0.285 e. The van der Waals surface area contributed by atoms with E-state index in [4.69, 9.17) is 23.2 Å². The van der Waals surface area contributed by atoms with Crippen LogP contribution in [0.1, 0.15) is 5.56 Å². The van der Waals surface area contributed by atoms with Gasteiger partial charge < -0.3 is 0 Å². The van der Waals surface area contributed by atoms with Crippen LogP contribution in [0.2, 0.25) is 10.3 Å². The first-order valence-corrected chi connectivity index (χ1v) is 7.98. The summed E-state index contributed by atoms with van der Waals surface area (Å²) in [5, 5.41) is 4.02. The van der Waals surface area contributed by atoms with Crippen molar-refractivity contribution in [2.24, 2.45) is 0 Å². The Balaban J connectivity index is 2.29. The minimum atomic E-state index is -3.91. The molecule has 0 bridgehead atoms. The number of nitrogens with zero attached hydrogens (tertiary/aromatic N) is 4. The summed E-state index contributed by atoms with van der Waals surface area (Å²) >= 11 is 11.8. The molecule has 0 unspecified atom stereocenters. The Morgan fingerprint density at radius 2 is 1.71 bits per heavy atom. The molecule has 3 aromatic rings. The molecule has 2 aromatic heterocycles. The smallest absolute Gasteiger partial charge is 0.224 e. The second kappa shape index (κ2) is 4.94. The molecule has 21 heavy (non-hydrogen) atoms. The molecule has 0 fully saturated rings. The molecule has 0 amide bonds. The minimum Gasteiger partial charge on any atom is -0.224 e. The van der Waals surface area contributed by atoms with Gasteiger partial charge in [0.05, 0.1) is 10.3 Å². The molecular formula is C12H8Cl2N4O2S. The van der Waals surface area contributed by atoms with Gasteiger partial charge in [-0.25, -0.2) is 9.97 Å². The predicted octanol–water partition coefficient (Wildman–Crippen LogP) is 2.68. The maximum atomic E-state index is 12.6. The molecule has 0 aliphatic carbocycles. The van der Waals surface area contributed by atoms with Crippen molar-refractivity contribution >= 4 is 44.3 Å². The Hall–Kier alpha value is -1.70. The number of hydrogen-bond acceptors (Lipinski definition) is 5. The van der Waals surface area contributed by atoms with E-state index >= 15 is 0 Å². The Labute approximate surface area is 130 Å². The molecule has 0 aliphatic heterocycles. The summed E-state index contributed by atoms with van der Waals surface area (Å²) in [5.74, 6) is 0. The zero-order valence-corrected chi connectivity index (χ0v) is 13.0. The summed E-state index contributed by atoms with van der Waals surface area (Å²) in [6.45, 7) is 1.86. The van der Waals surface area contributed by atoms with Gasteiger partial charge in [-0.1, -0.05) is 40.9 Å². The fourth-order valence-electron chi connectivity index (χ4n) is 1.83. The minimum absolute atomic E-state index is 0.0422. The first-order valence-electron chi connectivity index (χ1n) is 5.78. The molecule has 0 saturated carbocycles. The lowest BCUT2D eigenvalue weighted by Gasteiger charge is -2.05. The predicted molar refractivity (Wildman–Crippen MR) is 79.1 cm³/mol. The molecule has 0 spiro atoms. The highest BCUT2D eigenvalue weighted by Crippen LogP contribution is 2.29. The van der Waals surface area contributed by atoms with E-state index in [1.807, 2.05) is 6.92 Å². The van der Waals surface area contributed by atoms with Crippen molar-refractivity contribution in [2.45, 2.75) is 11.8 Å². The van der Waals surface area contributed by atoms with E-state index in [2.05, 4.69) is 15.1 Å². The maximum absolute atomic E-state index is 12.6. The highest BCUT2D eigenvalue weighted by atomic mass is 35.5. The first-order chi connectivity index (χ1) is 9.91. The van der Waals surface area contributed by atoms with Gasteiger partial charge in [0.2, 0.25) is 0 Å². The lowest BCUT2D eigenvalue weighted by Crippen LogP contribution is -2.15. The topological polar surface area (TPSA) is 77.7 Å². The van der Waals surface area contributed by atoms with E-state index in [9.17, 15) is 8.42 Å². The Kier molecular flexibility index (Phi) is 3.35. The number of aromatic nitrogens is 4. The highest BCUT2D eigenvalue weighted by Gasteiger charge is 2.24. The zero-order chi connectivity index (χ0) is 15.2. The van der Waals surface area contributed by atoms with Crippen LogP contribution in [-0.4, -0.2) is 27.6 Å². The van der Waals surface area contributed by atoms with Gasteiger partial charge in [0.1, 0.15) is 11.5 Å². The average molecular weight is 343 g/mol. The number of aryl methyl sites for hydroxylation is 1. The normalized spacial score (nSPS) is 12.0. The Bertz CT molecular complexity index is 936. The highest BCUT2D eigenvalue weighted by molar-refractivity contribution is 7.90. The van der Waals surface area contributed by atoms with Gasteiger partial charge >= 0.3 is 0 Å². The Morgan fingerprint density at radius 1 is 1.05 bits per heavy atom. The summed E-state index contributed by atoms with van der Waals surface area (Å²) in [6.07, 6.45) is 1.16. The molecule has 108 valence electrons. The lowest BCUT2D eigenvalue weighted by atomic mass is 10.2. The summed E-state index contributed by atoms with van der Waals surface area (Å²) in [5.41, 5.74) is 0.989. The van der Waals surface area contributed by atoms with Crippen LogP contribution in [0.5, 0.6) is 0 Å². The second-order valence-corrected chi connectivity index (χ2v) is 6.80. The number of rotatable bonds is 2. The fraction of sp³-hybridized carbons (Fsp3) is 0.0833. The molecule has 0 N–H and O–H groups in total. The van der Waals surface area contributed by atoms with Crippen molar-refractivity contribution in [3.8, 4) is 0 Å². The molecule has 1 aromatic carbocycles. The summed E-state index contributed by atoms with van der Waals surface area (Å²) < 4.78 is 26.0. The zero-order valence-electron chi connectivity index (χ0n) is 10.7. The van der Waals surface area contributed by atoms with Crippen molar-refractivity contribution in [1.82, 2.24) is 19.2 Å². The third-order valence-electron chi connectivity index (χ3n) is 2.89. The molecule has 6 nitrogen and oxygen atoms in total. The number of halogens is 2. The average Bonchev–Trinajstić information content (AvgIpc) is 2.79. The van der Waals surface area contributed by atoms with Gasteiger partial charge in [0, 0.05) is 0 Å². The van der Waals surface area contributed by atoms with E-state index in [0.717, 1.165) is 16.0 Å². The summed E-state index contributed by atoms with van der Waals surface area (Å²) in [7, 11) is -3.91. The van der Waals surface area contributed by atoms with Gasteiger partial charge in [0.15, 0.2) is 10.8 Å².